The van der Waals surface area contributed by atoms with Crippen LogP contribution in [0.25, 0.3) is 0 Å². The van der Waals surface area contributed by atoms with E-state index in [2.05, 4.69) is 4.74 Å². The minimum atomic E-state index is -4.24. The van der Waals surface area contributed by atoms with Gasteiger partial charge in [-0.05, 0) is 31.7 Å². The Hall–Kier alpha value is -0.330. The second-order valence-electron chi connectivity index (χ2n) is 4.71. The van der Waals surface area contributed by atoms with Crippen molar-refractivity contribution < 1.29 is 22.6 Å². The highest BCUT2D eigenvalue weighted by atomic mass is 19.4. The quantitative estimate of drug-likeness (QED) is 0.722. The topological polar surface area (TPSA) is 44.5 Å². The summed E-state index contributed by atoms with van der Waals surface area (Å²) in [5.74, 6) is 0.398. The zero-order valence-corrected chi connectivity index (χ0v) is 10.5. The summed E-state index contributed by atoms with van der Waals surface area (Å²) >= 11 is 0. The van der Waals surface area contributed by atoms with Gasteiger partial charge in [-0.25, -0.2) is 0 Å². The lowest BCUT2D eigenvalue weighted by Crippen LogP contribution is -2.33. The van der Waals surface area contributed by atoms with Crippen LogP contribution in [0.3, 0.4) is 0 Å². The fourth-order valence-corrected chi connectivity index (χ4v) is 2.25. The van der Waals surface area contributed by atoms with E-state index >= 15 is 0 Å². The standard InChI is InChI=1S/C12H22F3NO2/c13-12(14,15)9-17-6-3-7-18-11-5-2-1-4-10(11)8-16/h10-11H,1-9,16H2. The largest absolute Gasteiger partial charge is 0.411 e. The molecule has 1 aliphatic carbocycles. The molecular weight excluding hydrogens is 247 g/mol. The molecule has 3 nitrogen and oxygen atoms in total. The molecule has 2 atom stereocenters. The normalized spacial score (nSPS) is 25.3. The van der Waals surface area contributed by atoms with E-state index in [9.17, 15) is 13.2 Å². The van der Waals surface area contributed by atoms with E-state index in [1.54, 1.807) is 0 Å². The van der Waals surface area contributed by atoms with Crippen molar-refractivity contribution in [1.82, 2.24) is 0 Å². The number of hydrogen-bond donors (Lipinski definition) is 1. The summed E-state index contributed by atoms with van der Waals surface area (Å²) in [6.07, 6.45) is 0.851. The molecule has 0 heterocycles. The van der Waals surface area contributed by atoms with Crippen LogP contribution in [0.5, 0.6) is 0 Å². The van der Waals surface area contributed by atoms with Gasteiger partial charge in [0, 0.05) is 13.2 Å². The van der Waals surface area contributed by atoms with E-state index in [0.717, 1.165) is 19.3 Å². The van der Waals surface area contributed by atoms with Gasteiger partial charge in [0.2, 0.25) is 0 Å². The van der Waals surface area contributed by atoms with Gasteiger partial charge in [-0.2, -0.15) is 13.2 Å². The van der Waals surface area contributed by atoms with Crippen molar-refractivity contribution >= 4 is 0 Å². The first kappa shape index (κ1) is 15.7. The van der Waals surface area contributed by atoms with Crippen LogP contribution < -0.4 is 5.73 Å². The minimum Gasteiger partial charge on any atom is -0.378 e. The molecule has 0 aromatic carbocycles. The van der Waals surface area contributed by atoms with Gasteiger partial charge in [-0.1, -0.05) is 12.8 Å². The Labute approximate surface area is 106 Å². The van der Waals surface area contributed by atoms with Gasteiger partial charge in [-0.3, -0.25) is 0 Å². The molecule has 18 heavy (non-hydrogen) atoms. The third kappa shape index (κ3) is 6.56. The summed E-state index contributed by atoms with van der Waals surface area (Å²) in [5.41, 5.74) is 5.66. The molecule has 0 aliphatic heterocycles. The maximum atomic E-state index is 11.8. The summed E-state index contributed by atoms with van der Waals surface area (Å²) in [4.78, 5) is 0. The van der Waals surface area contributed by atoms with Crippen molar-refractivity contribution in [2.45, 2.75) is 44.4 Å². The van der Waals surface area contributed by atoms with Crippen LogP contribution in [-0.4, -0.2) is 38.6 Å². The number of halogens is 3. The lowest BCUT2D eigenvalue weighted by Gasteiger charge is -2.30. The Kier molecular flexibility index (Phi) is 6.96. The van der Waals surface area contributed by atoms with Crippen LogP contribution in [0.15, 0.2) is 0 Å². The highest BCUT2D eigenvalue weighted by molar-refractivity contribution is 4.76. The average Bonchev–Trinajstić information content (AvgIpc) is 2.32. The fraction of sp³-hybridized carbons (Fsp3) is 1.00. The number of nitrogens with two attached hydrogens (primary N) is 1. The molecule has 2 unspecified atom stereocenters. The molecule has 108 valence electrons. The van der Waals surface area contributed by atoms with Crippen LogP contribution in [0.4, 0.5) is 13.2 Å². The molecular formula is C12H22F3NO2. The van der Waals surface area contributed by atoms with Gasteiger partial charge in [0.25, 0.3) is 0 Å². The zero-order chi connectivity index (χ0) is 13.4. The highest BCUT2D eigenvalue weighted by Crippen LogP contribution is 2.26. The van der Waals surface area contributed by atoms with E-state index in [4.69, 9.17) is 10.5 Å². The summed E-state index contributed by atoms with van der Waals surface area (Å²) in [5, 5.41) is 0. The average molecular weight is 269 g/mol. The number of rotatable bonds is 7. The fourth-order valence-electron chi connectivity index (χ4n) is 2.25. The van der Waals surface area contributed by atoms with Gasteiger partial charge >= 0.3 is 6.18 Å². The van der Waals surface area contributed by atoms with Gasteiger partial charge in [-0.15, -0.1) is 0 Å². The molecule has 1 aliphatic rings. The molecule has 0 radical (unpaired) electrons. The number of hydrogen-bond acceptors (Lipinski definition) is 3. The SMILES string of the molecule is NCC1CCCCC1OCCCOCC(F)(F)F. The summed E-state index contributed by atoms with van der Waals surface area (Å²) in [7, 11) is 0. The maximum absolute atomic E-state index is 11.8. The molecule has 0 bridgehead atoms. The van der Waals surface area contributed by atoms with Gasteiger partial charge in [0.1, 0.15) is 6.61 Å². The molecule has 1 rings (SSSR count). The monoisotopic (exact) mass is 269 g/mol. The highest BCUT2D eigenvalue weighted by Gasteiger charge is 2.27. The minimum absolute atomic E-state index is 0.0829. The predicted molar refractivity (Wildman–Crippen MR) is 62.2 cm³/mol. The smallest absolute Gasteiger partial charge is 0.378 e. The summed E-state index contributed by atoms with van der Waals surface area (Å²) in [6.45, 7) is -0.0321. The van der Waals surface area contributed by atoms with Crippen molar-refractivity contribution in [3.8, 4) is 0 Å². The summed E-state index contributed by atoms with van der Waals surface area (Å²) < 4.78 is 45.5. The van der Waals surface area contributed by atoms with Gasteiger partial charge in [0.05, 0.1) is 6.10 Å². The Balaban J connectivity index is 2.03. The first-order valence-electron chi connectivity index (χ1n) is 6.49. The summed E-state index contributed by atoms with van der Waals surface area (Å²) in [6, 6.07) is 0. The number of alkyl halides is 3. The van der Waals surface area contributed by atoms with E-state index in [0.29, 0.717) is 25.5 Å². The Bertz CT molecular complexity index is 224. The third-order valence-electron chi connectivity index (χ3n) is 3.17. The van der Waals surface area contributed by atoms with E-state index in [-0.39, 0.29) is 12.7 Å². The Morgan fingerprint density at radius 3 is 2.50 bits per heavy atom. The van der Waals surface area contributed by atoms with Gasteiger partial charge in [0.15, 0.2) is 0 Å². The second-order valence-corrected chi connectivity index (χ2v) is 4.71. The first-order valence-corrected chi connectivity index (χ1v) is 6.49. The van der Waals surface area contributed by atoms with Crippen LogP contribution in [0.1, 0.15) is 32.1 Å². The Morgan fingerprint density at radius 1 is 1.11 bits per heavy atom. The molecule has 0 saturated heterocycles. The first-order chi connectivity index (χ1) is 8.53. The van der Waals surface area contributed by atoms with Crippen LogP contribution in [0, 0.1) is 5.92 Å². The molecule has 0 amide bonds. The number of ether oxygens (including phenoxy) is 2. The van der Waals surface area contributed by atoms with Gasteiger partial charge < -0.3 is 15.2 Å². The third-order valence-corrected chi connectivity index (χ3v) is 3.17. The predicted octanol–water partition coefficient (Wildman–Crippen LogP) is 2.49. The van der Waals surface area contributed by atoms with Crippen molar-refractivity contribution in [2.24, 2.45) is 11.7 Å². The van der Waals surface area contributed by atoms with E-state index in [1.807, 2.05) is 0 Å². The zero-order valence-electron chi connectivity index (χ0n) is 10.5. The van der Waals surface area contributed by atoms with Crippen molar-refractivity contribution in [3.05, 3.63) is 0 Å². The van der Waals surface area contributed by atoms with E-state index < -0.39 is 12.8 Å². The second kappa shape index (κ2) is 7.96. The molecule has 0 aromatic heterocycles. The molecule has 0 aromatic rings. The van der Waals surface area contributed by atoms with Crippen LogP contribution in [0.2, 0.25) is 0 Å². The van der Waals surface area contributed by atoms with Crippen LogP contribution in [-0.2, 0) is 9.47 Å². The lowest BCUT2D eigenvalue weighted by atomic mass is 9.86. The van der Waals surface area contributed by atoms with Crippen molar-refractivity contribution in [1.29, 1.82) is 0 Å². The van der Waals surface area contributed by atoms with E-state index in [1.165, 1.54) is 6.42 Å². The van der Waals surface area contributed by atoms with Crippen LogP contribution >= 0.6 is 0 Å². The maximum Gasteiger partial charge on any atom is 0.411 e. The molecule has 0 spiro atoms. The molecule has 6 heteroatoms. The Morgan fingerprint density at radius 2 is 1.83 bits per heavy atom. The molecule has 2 N–H and O–H groups in total. The molecule has 1 saturated carbocycles. The molecule has 1 fully saturated rings. The lowest BCUT2D eigenvalue weighted by molar-refractivity contribution is -0.175. The van der Waals surface area contributed by atoms with Crippen molar-refractivity contribution in [2.75, 3.05) is 26.4 Å². The van der Waals surface area contributed by atoms with Crippen molar-refractivity contribution in [3.63, 3.8) is 0 Å².